The molecule has 2 aliphatic heterocycles. The molecule has 9 nitrogen and oxygen atoms in total. The van der Waals surface area contributed by atoms with Gasteiger partial charge in [-0.3, -0.25) is 4.79 Å². The Morgan fingerprint density at radius 1 is 1.03 bits per heavy atom. The molecular formula is C23H24N4O5S2. The lowest BCUT2D eigenvalue weighted by Gasteiger charge is -2.30. The largest absolute Gasteiger partial charge is 0.454 e. The van der Waals surface area contributed by atoms with Gasteiger partial charge in [-0.1, -0.05) is 17.4 Å². The number of anilines is 1. The van der Waals surface area contributed by atoms with Crippen molar-refractivity contribution < 1.29 is 22.7 Å². The van der Waals surface area contributed by atoms with Gasteiger partial charge in [0.25, 0.3) is 5.91 Å². The van der Waals surface area contributed by atoms with Crippen molar-refractivity contribution >= 4 is 33.0 Å². The van der Waals surface area contributed by atoms with E-state index in [0.717, 1.165) is 16.1 Å². The highest BCUT2D eigenvalue weighted by Gasteiger charge is 2.32. The summed E-state index contributed by atoms with van der Waals surface area (Å²) in [5, 5.41) is 12.1. The summed E-state index contributed by atoms with van der Waals surface area (Å²) in [6.07, 6.45) is 1.25. The van der Waals surface area contributed by atoms with Crippen LogP contribution >= 0.6 is 11.3 Å². The molecular weight excluding hydrogens is 476 g/mol. The van der Waals surface area contributed by atoms with Crippen molar-refractivity contribution in [3.05, 3.63) is 57.5 Å². The normalized spacial score (nSPS) is 16.5. The van der Waals surface area contributed by atoms with E-state index < -0.39 is 10.0 Å². The highest BCUT2D eigenvalue weighted by molar-refractivity contribution is 7.89. The van der Waals surface area contributed by atoms with Gasteiger partial charge in [0, 0.05) is 30.8 Å². The second-order valence-corrected chi connectivity index (χ2v) is 11.4. The SMILES string of the molecule is Cc1cc(C)cc(S(=O)(=O)N2CCC(c3nnc(C(=O)Nc4ccc5c(c4)OCO5)s3)CC2)c1. The average molecular weight is 501 g/mol. The second-order valence-electron chi connectivity index (χ2n) is 8.47. The molecule has 2 aliphatic rings. The standard InChI is InChI=1S/C23H24N4O5S2/c1-14-9-15(2)11-18(10-14)34(29,30)27-7-5-16(6-8-27)22-25-26-23(33-22)21(28)24-17-3-4-19-20(12-17)32-13-31-19/h3-4,9-12,16H,5-8,13H2,1-2H3,(H,24,28). The first-order valence-electron chi connectivity index (χ1n) is 10.9. The number of hydrogen-bond acceptors (Lipinski definition) is 8. The molecule has 1 fully saturated rings. The van der Waals surface area contributed by atoms with Crippen LogP contribution in [0, 0.1) is 13.8 Å². The summed E-state index contributed by atoms with van der Waals surface area (Å²) >= 11 is 1.24. The molecule has 0 aliphatic carbocycles. The van der Waals surface area contributed by atoms with Crippen molar-refractivity contribution in [2.75, 3.05) is 25.2 Å². The zero-order valence-electron chi connectivity index (χ0n) is 18.8. The number of nitrogens with one attached hydrogen (secondary N) is 1. The molecule has 34 heavy (non-hydrogen) atoms. The molecule has 0 atom stereocenters. The average Bonchev–Trinajstić information content (AvgIpc) is 3.48. The van der Waals surface area contributed by atoms with Crippen LogP contribution in [0.15, 0.2) is 41.3 Å². The van der Waals surface area contributed by atoms with Crippen molar-refractivity contribution in [3.8, 4) is 11.5 Å². The molecule has 1 aromatic heterocycles. The highest BCUT2D eigenvalue weighted by Crippen LogP contribution is 2.35. The van der Waals surface area contributed by atoms with E-state index in [9.17, 15) is 13.2 Å². The van der Waals surface area contributed by atoms with Crippen LogP contribution in [0.1, 0.15) is 44.7 Å². The first kappa shape index (κ1) is 22.8. The van der Waals surface area contributed by atoms with Crippen molar-refractivity contribution in [2.24, 2.45) is 0 Å². The van der Waals surface area contributed by atoms with E-state index >= 15 is 0 Å². The smallest absolute Gasteiger partial charge is 0.286 e. The maximum atomic E-state index is 13.1. The number of aryl methyl sites for hydroxylation is 2. The third kappa shape index (κ3) is 4.50. The topological polar surface area (TPSA) is 111 Å². The fraction of sp³-hybridized carbons (Fsp3) is 0.348. The Morgan fingerprint density at radius 2 is 1.74 bits per heavy atom. The molecule has 3 heterocycles. The van der Waals surface area contributed by atoms with Gasteiger partial charge < -0.3 is 14.8 Å². The Balaban J connectivity index is 1.22. The van der Waals surface area contributed by atoms with Crippen LogP contribution in [0.25, 0.3) is 0 Å². The lowest BCUT2D eigenvalue weighted by Crippen LogP contribution is -2.37. The molecule has 0 saturated carbocycles. The summed E-state index contributed by atoms with van der Waals surface area (Å²) in [5.74, 6) is 0.938. The van der Waals surface area contributed by atoms with E-state index in [2.05, 4.69) is 15.5 Å². The van der Waals surface area contributed by atoms with Crippen LogP contribution < -0.4 is 14.8 Å². The third-order valence-corrected chi connectivity index (χ3v) is 8.86. The molecule has 0 spiro atoms. The number of piperidine rings is 1. The Labute approximate surface area is 201 Å². The molecule has 0 unspecified atom stereocenters. The van der Waals surface area contributed by atoms with Crippen LogP contribution in [0.5, 0.6) is 11.5 Å². The number of amides is 1. The van der Waals surface area contributed by atoms with E-state index in [4.69, 9.17) is 9.47 Å². The quantitative estimate of drug-likeness (QED) is 0.569. The highest BCUT2D eigenvalue weighted by atomic mass is 32.2. The fourth-order valence-electron chi connectivity index (χ4n) is 4.22. The molecule has 178 valence electrons. The number of carbonyl (C=O) groups is 1. The molecule has 2 aromatic carbocycles. The van der Waals surface area contributed by atoms with Crippen LogP contribution in [-0.4, -0.2) is 48.7 Å². The molecule has 1 saturated heterocycles. The number of rotatable bonds is 5. The number of aromatic nitrogens is 2. The molecule has 0 bridgehead atoms. The predicted octanol–water partition coefficient (Wildman–Crippen LogP) is 3.70. The van der Waals surface area contributed by atoms with Gasteiger partial charge in [0.2, 0.25) is 21.8 Å². The summed E-state index contributed by atoms with van der Waals surface area (Å²) in [7, 11) is -3.54. The summed E-state index contributed by atoms with van der Waals surface area (Å²) in [4.78, 5) is 13.0. The Bertz CT molecular complexity index is 1330. The van der Waals surface area contributed by atoms with Gasteiger partial charge in [0.15, 0.2) is 11.5 Å². The molecule has 11 heteroatoms. The summed E-state index contributed by atoms with van der Waals surface area (Å²) in [5.41, 5.74) is 2.43. The minimum atomic E-state index is -3.54. The number of hydrogen-bond donors (Lipinski definition) is 1. The monoisotopic (exact) mass is 500 g/mol. The van der Waals surface area contributed by atoms with E-state index in [0.29, 0.717) is 48.0 Å². The van der Waals surface area contributed by atoms with E-state index in [1.54, 1.807) is 30.3 Å². The summed E-state index contributed by atoms with van der Waals surface area (Å²) in [6.45, 7) is 4.76. The lowest BCUT2D eigenvalue weighted by atomic mass is 9.99. The minimum Gasteiger partial charge on any atom is -0.454 e. The van der Waals surface area contributed by atoms with Crippen LogP contribution in [-0.2, 0) is 10.0 Å². The van der Waals surface area contributed by atoms with Gasteiger partial charge in [-0.2, -0.15) is 4.31 Å². The van der Waals surface area contributed by atoms with E-state index in [1.165, 1.54) is 15.6 Å². The van der Waals surface area contributed by atoms with Crippen LogP contribution in [0.2, 0.25) is 0 Å². The fourth-order valence-corrected chi connectivity index (χ4v) is 6.79. The first-order chi connectivity index (χ1) is 16.3. The molecule has 0 radical (unpaired) electrons. The zero-order chi connectivity index (χ0) is 23.9. The van der Waals surface area contributed by atoms with Gasteiger partial charge in [-0.15, -0.1) is 10.2 Å². The molecule has 5 rings (SSSR count). The number of carbonyl (C=O) groups excluding carboxylic acids is 1. The van der Waals surface area contributed by atoms with Crippen molar-refractivity contribution in [1.29, 1.82) is 0 Å². The van der Waals surface area contributed by atoms with Crippen molar-refractivity contribution in [3.63, 3.8) is 0 Å². The molecule has 1 amide bonds. The van der Waals surface area contributed by atoms with Gasteiger partial charge in [0.05, 0.1) is 4.90 Å². The van der Waals surface area contributed by atoms with Crippen LogP contribution in [0.3, 0.4) is 0 Å². The van der Waals surface area contributed by atoms with E-state index in [-0.39, 0.29) is 23.6 Å². The van der Waals surface area contributed by atoms with Gasteiger partial charge in [-0.25, -0.2) is 8.42 Å². The Kier molecular flexibility index (Phi) is 6.00. The van der Waals surface area contributed by atoms with Crippen LogP contribution in [0.4, 0.5) is 5.69 Å². The molecule has 1 N–H and O–H groups in total. The summed E-state index contributed by atoms with van der Waals surface area (Å²) in [6, 6.07) is 10.6. The number of nitrogens with zero attached hydrogens (tertiary/aromatic N) is 3. The minimum absolute atomic E-state index is 0.0651. The number of fused-ring (bicyclic) bond motifs is 1. The predicted molar refractivity (Wildman–Crippen MR) is 127 cm³/mol. The maximum Gasteiger partial charge on any atom is 0.286 e. The third-order valence-electron chi connectivity index (χ3n) is 5.90. The first-order valence-corrected chi connectivity index (χ1v) is 13.2. The van der Waals surface area contributed by atoms with Gasteiger partial charge in [-0.05, 0) is 62.1 Å². The number of ether oxygens (including phenoxy) is 2. The zero-order valence-corrected chi connectivity index (χ0v) is 20.4. The number of benzene rings is 2. The summed E-state index contributed by atoms with van der Waals surface area (Å²) < 4.78 is 38.4. The maximum absolute atomic E-state index is 13.1. The number of sulfonamides is 1. The van der Waals surface area contributed by atoms with Gasteiger partial charge in [0.1, 0.15) is 5.01 Å². The van der Waals surface area contributed by atoms with Crippen molar-refractivity contribution in [2.45, 2.75) is 37.5 Å². The van der Waals surface area contributed by atoms with Crippen molar-refractivity contribution in [1.82, 2.24) is 14.5 Å². The molecule has 3 aromatic rings. The Morgan fingerprint density at radius 3 is 2.47 bits per heavy atom. The van der Waals surface area contributed by atoms with Gasteiger partial charge >= 0.3 is 0 Å². The Hall–Kier alpha value is -3.02. The van der Waals surface area contributed by atoms with E-state index in [1.807, 2.05) is 19.9 Å². The lowest BCUT2D eigenvalue weighted by molar-refractivity contribution is 0.102. The second kappa shape index (κ2) is 8.97.